The first-order valence-corrected chi connectivity index (χ1v) is 5.51. The molecule has 6 nitrogen and oxygen atoms in total. The Balaban J connectivity index is 2.00. The zero-order valence-electron chi connectivity index (χ0n) is 9.47. The number of aliphatic hydroxyl groups is 3. The third kappa shape index (κ3) is 2.68. The van der Waals surface area contributed by atoms with Gasteiger partial charge in [0.1, 0.15) is 12.2 Å². The molecule has 1 heterocycles. The summed E-state index contributed by atoms with van der Waals surface area (Å²) in [4.78, 5) is 11.7. The van der Waals surface area contributed by atoms with Crippen molar-refractivity contribution < 1.29 is 29.6 Å². The molecule has 0 aromatic heterocycles. The Morgan fingerprint density at radius 2 is 1.83 bits per heavy atom. The van der Waals surface area contributed by atoms with Crippen LogP contribution in [0.4, 0.5) is 0 Å². The molecule has 18 heavy (non-hydrogen) atoms. The van der Waals surface area contributed by atoms with Gasteiger partial charge in [0, 0.05) is 0 Å². The average Bonchev–Trinajstić information content (AvgIpc) is 2.40. The molecule has 1 aliphatic rings. The van der Waals surface area contributed by atoms with Crippen molar-refractivity contribution in [1.82, 2.24) is 0 Å². The Kier molecular flexibility index (Phi) is 3.93. The molecule has 0 saturated carbocycles. The summed E-state index contributed by atoms with van der Waals surface area (Å²) in [6.45, 7) is -0.169. The Hall–Kier alpha value is -1.47. The predicted molar refractivity (Wildman–Crippen MR) is 59.6 cm³/mol. The molecule has 0 bridgehead atoms. The smallest absolute Gasteiger partial charge is 0.338 e. The molecule has 3 N–H and O–H groups in total. The fourth-order valence-electron chi connectivity index (χ4n) is 1.66. The van der Waals surface area contributed by atoms with E-state index in [1.165, 1.54) is 0 Å². The maximum atomic E-state index is 11.7. The second kappa shape index (κ2) is 5.45. The van der Waals surface area contributed by atoms with Crippen molar-refractivity contribution in [2.45, 2.75) is 24.6 Å². The highest BCUT2D eigenvalue weighted by atomic mass is 16.6. The first-order chi connectivity index (χ1) is 8.59. The van der Waals surface area contributed by atoms with Crippen LogP contribution in [0.2, 0.25) is 0 Å². The standard InChI is InChI=1S/C12H14O6/c13-9-8(6-17-12(16)10(9)14)18-11(15)7-4-2-1-3-5-7/h1-5,8-10,12-14,16H,6H2/t8-,9?,10?,12?/m1/s1. The lowest BCUT2D eigenvalue weighted by atomic mass is 10.1. The van der Waals surface area contributed by atoms with Crippen LogP contribution in [0.1, 0.15) is 10.4 Å². The van der Waals surface area contributed by atoms with Crippen LogP contribution in [-0.2, 0) is 9.47 Å². The summed E-state index contributed by atoms with van der Waals surface area (Å²) in [6.07, 6.45) is -5.34. The topological polar surface area (TPSA) is 96.2 Å². The number of benzene rings is 1. The van der Waals surface area contributed by atoms with Crippen LogP contribution >= 0.6 is 0 Å². The molecule has 0 radical (unpaired) electrons. The van der Waals surface area contributed by atoms with Crippen LogP contribution in [0, 0.1) is 0 Å². The van der Waals surface area contributed by atoms with Crippen LogP contribution in [0.5, 0.6) is 0 Å². The molecule has 6 heteroatoms. The minimum absolute atomic E-state index is 0.169. The van der Waals surface area contributed by atoms with Gasteiger partial charge < -0.3 is 24.8 Å². The van der Waals surface area contributed by atoms with Crippen molar-refractivity contribution in [3.05, 3.63) is 35.9 Å². The van der Waals surface area contributed by atoms with Crippen molar-refractivity contribution in [3.8, 4) is 0 Å². The Morgan fingerprint density at radius 3 is 2.50 bits per heavy atom. The first kappa shape index (κ1) is 13.0. The number of esters is 1. The zero-order chi connectivity index (χ0) is 13.1. The lowest BCUT2D eigenvalue weighted by Gasteiger charge is -2.34. The summed E-state index contributed by atoms with van der Waals surface area (Å²) < 4.78 is 9.80. The summed E-state index contributed by atoms with van der Waals surface area (Å²) in [5.74, 6) is -0.619. The van der Waals surface area contributed by atoms with Gasteiger partial charge in [-0.15, -0.1) is 0 Å². The molecule has 1 aromatic rings. The lowest BCUT2D eigenvalue weighted by Crippen LogP contribution is -2.54. The predicted octanol–water partition coefficient (Wildman–Crippen LogP) is -0.718. The van der Waals surface area contributed by atoms with E-state index in [0.29, 0.717) is 5.56 Å². The van der Waals surface area contributed by atoms with E-state index in [1.807, 2.05) is 0 Å². The quantitative estimate of drug-likeness (QED) is 0.603. The summed E-state index contributed by atoms with van der Waals surface area (Å²) in [5, 5.41) is 28.2. The van der Waals surface area contributed by atoms with Gasteiger partial charge in [0.2, 0.25) is 0 Å². The van der Waals surface area contributed by atoms with Crippen LogP contribution in [-0.4, -0.2) is 52.5 Å². The van der Waals surface area contributed by atoms with E-state index in [1.54, 1.807) is 30.3 Å². The molecule has 1 aliphatic heterocycles. The van der Waals surface area contributed by atoms with Crippen LogP contribution in [0.15, 0.2) is 30.3 Å². The maximum absolute atomic E-state index is 11.7. The largest absolute Gasteiger partial charge is 0.453 e. The van der Waals surface area contributed by atoms with Crippen molar-refractivity contribution >= 4 is 5.97 Å². The van der Waals surface area contributed by atoms with Crippen molar-refractivity contribution in [2.75, 3.05) is 6.61 Å². The minimum atomic E-state index is -1.49. The number of aliphatic hydroxyl groups excluding tert-OH is 3. The molecule has 4 atom stereocenters. The third-order valence-electron chi connectivity index (χ3n) is 2.72. The second-order valence-electron chi connectivity index (χ2n) is 4.01. The Labute approximate surface area is 103 Å². The van der Waals surface area contributed by atoms with Gasteiger partial charge in [-0.2, -0.15) is 0 Å². The van der Waals surface area contributed by atoms with E-state index in [2.05, 4.69) is 0 Å². The molecular formula is C12H14O6. The van der Waals surface area contributed by atoms with Gasteiger partial charge >= 0.3 is 5.97 Å². The second-order valence-corrected chi connectivity index (χ2v) is 4.01. The summed E-state index contributed by atoms with van der Waals surface area (Å²) >= 11 is 0. The fraction of sp³-hybridized carbons (Fsp3) is 0.417. The molecule has 0 spiro atoms. The van der Waals surface area contributed by atoms with Crippen molar-refractivity contribution in [2.24, 2.45) is 0 Å². The number of carbonyl (C=O) groups excluding carboxylic acids is 1. The number of hydrogen-bond donors (Lipinski definition) is 3. The summed E-state index contributed by atoms with van der Waals surface area (Å²) in [5.41, 5.74) is 0.338. The van der Waals surface area contributed by atoms with Gasteiger partial charge in [0.05, 0.1) is 12.2 Å². The van der Waals surface area contributed by atoms with E-state index in [0.717, 1.165) is 0 Å². The fourth-order valence-corrected chi connectivity index (χ4v) is 1.66. The van der Waals surface area contributed by atoms with E-state index < -0.39 is 30.6 Å². The molecule has 2 rings (SSSR count). The van der Waals surface area contributed by atoms with Crippen LogP contribution < -0.4 is 0 Å². The lowest BCUT2D eigenvalue weighted by molar-refractivity contribution is -0.251. The van der Waals surface area contributed by atoms with Crippen molar-refractivity contribution in [1.29, 1.82) is 0 Å². The summed E-state index contributed by atoms with van der Waals surface area (Å²) in [7, 11) is 0. The van der Waals surface area contributed by atoms with E-state index in [4.69, 9.17) is 14.6 Å². The van der Waals surface area contributed by atoms with E-state index in [9.17, 15) is 15.0 Å². The highest BCUT2D eigenvalue weighted by Gasteiger charge is 2.39. The number of hydrogen-bond acceptors (Lipinski definition) is 6. The van der Waals surface area contributed by atoms with Crippen LogP contribution in [0.25, 0.3) is 0 Å². The molecular weight excluding hydrogens is 240 g/mol. The summed E-state index contributed by atoms with van der Waals surface area (Å²) in [6, 6.07) is 8.27. The average molecular weight is 254 g/mol. The Bertz CT molecular complexity index is 406. The zero-order valence-corrected chi connectivity index (χ0v) is 9.47. The minimum Gasteiger partial charge on any atom is -0.453 e. The molecule has 1 saturated heterocycles. The normalized spacial score (nSPS) is 31.9. The maximum Gasteiger partial charge on any atom is 0.338 e. The van der Waals surface area contributed by atoms with Gasteiger partial charge in [0.15, 0.2) is 12.4 Å². The van der Waals surface area contributed by atoms with E-state index in [-0.39, 0.29) is 6.61 Å². The van der Waals surface area contributed by atoms with Gasteiger partial charge in [0.25, 0.3) is 0 Å². The Morgan fingerprint density at radius 1 is 1.17 bits per heavy atom. The van der Waals surface area contributed by atoms with Crippen molar-refractivity contribution in [3.63, 3.8) is 0 Å². The molecule has 0 aliphatic carbocycles. The SMILES string of the molecule is O=C(O[C@@H]1COC(O)C(O)C1O)c1ccccc1. The number of rotatable bonds is 2. The molecule has 1 fully saturated rings. The molecule has 1 aromatic carbocycles. The monoisotopic (exact) mass is 254 g/mol. The number of ether oxygens (including phenoxy) is 2. The van der Waals surface area contributed by atoms with Gasteiger partial charge in [-0.1, -0.05) is 18.2 Å². The van der Waals surface area contributed by atoms with E-state index >= 15 is 0 Å². The van der Waals surface area contributed by atoms with Gasteiger partial charge in [-0.05, 0) is 12.1 Å². The molecule has 3 unspecified atom stereocenters. The first-order valence-electron chi connectivity index (χ1n) is 5.51. The molecule has 0 amide bonds. The highest BCUT2D eigenvalue weighted by molar-refractivity contribution is 5.89. The third-order valence-corrected chi connectivity index (χ3v) is 2.72. The number of carbonyl (C=O) groups is 1. The highest BCUT2D eigenvalue weighted by Crippen LogP contribution is 2.17. The van der Waals surface area contributed by atoms with Crippen LogP contribution in [0.3, 0.4) is 0 Å². The van der Waals surface area contributed by atoms with Gasteiger partial charge in [-0.25, -0.2) is 4.79 Å². The van der Waals surface area contributed by atoms with Gasteiger partial charge in [-0.3, -0.25) is 0 Å². The molecule has 98 valence electrons.